The summed E-state index contributed by atoms with van der Waals surface area (Å²) in [5.41, 5.74) is 0.757. The number of nitrogens with zero attached hydrogens (tertiary/aromatic N) is 3. The zero-order valence-electron chi connectivity index (χ0n) is 9.88. The molecule has 1 heterocycles. The van der Waals surface area contributed by atoms with E-state index in [1.54, 1.807) is 31.0 Å². The monoisotopic (exact) mass is 240 g/mol. The maximum Gasteiger partial charge on any atom is 0.317 e. The molecule has 0 fully saturated rings. The highest BCUT2D eigenvalue weighted by Gasteiger charge is 2.09. The summed E-state index contributed by atoms with van der Waals surface area (Å²) in [6, 6.07) is 1.49. The summed E-state index contributed by atoms with van der Waals surface area (Å²) >= 11 is 0. The number of aliphatic carboxylic acids is 1. The van der Waals surface area contributed by atoms with E-state index in [1.165, 1.54) is 4.90 Å². The van der Waals surface area contributed by atoms with Gasteiger partial charge in [-0.05, 0) is 6.07 Å². The molecule has 0 atom stereocenters. The van der Waals surface area contributed by atoms with E-state index < -0.39 is 5.97 Å². The van der Waals surface area contributed by atoms with E-state index >= 15 is 0 Å². The lowest BCUT2D eigenvalue weighted by atomic mass is 10.4. The van der Waals surface area contributed by atoms with Gasteiger partial charge in [-0.1, -0.05) is 0 Å². The van der Waals surface area contributed by atoms with Crippen molar-refractivity contribution in [2.45, 2.75) is 13.0 Å². The van der Waals surface area contributed by atoms with Crippen LogP contribution in [0.15, 0.2) is 12.3 Å². The van der Waals surface area contributed by atoms with Crippen molar-refractivity contribution >= 4 is 12.0 Å². The molecule has 1 rings (SSSR count). The molecule has 94 valence electrons. The van der Waals surface area contributed by atoms with Crippen LogP contribution in [0.2, 0.25) is 0 Å². The molecule has 0 spiro atoms. The van der Waals surface area contributed by atoms with Crippen LogP contribution in [-0.4, -0.2) is 45.4 Å². The van der Waals surface area contributed by atoms with Crippen LogP contribution in [0.3, 0.4) is 0 Å². The zero-order valence-corrected chi connectivity index (χ0v) is 9.88. The molecule has 7 heteroatoms. The Kier molecular flexibility index (Phi) is 4.50. The highest BCUT2D eigenvalue weighted by atomic mass is 16.4. The van der Waals surface area contributed by atoms with E-state index in [9.17, 15) is 9.59 Å². The highest BCUT2D eigenvalue weighted by molar-refractivity contribution is 5.74. The summed E-state index contributed by atoms with van der Waals surface area (Å²) < 4.78 is 1.65. The summed E-state index contributed by atoms with van der Waals surface area (Å²) in [4.78, 5) is 23.2. The van der Waals surface area contributed by atoms with Crippen LogP contribution in [0, 0.1) is 0 Å². The number of carbonyl (C=O) groups is 2. The van der Waals surface area contributed by atoms with E-state index in [4.69, 9.17) is 5.11 Å². The van der Waals surface area contributed by atoms with Crippen LogP contribution in [0.4, 0.5) is 4.79 Å². The SMILES string of the molecule is CN(CCC(=O)O)C(=O)NCc1ccn(C)n1. The van der Waals surface area contributed by atoms with Gasteiger partial charge in [0.25, 0.3) is 0 Å². The largest absolute Gasteiger partial charge is 0.481 e. The Morgan fingerprint density at radius 3 is 2.82 bits per heavy atom. The maximum absolute atomic E-state index is 11.5. The molecule has 7 nitrogen and oxygen atoms in total. The number of urea groups is 1. The average molecular weight is 240 g/mol. The second-order valence-corrected chi connectivity index (χ2v) is 3.70. The first-order chi connectivity index (χ1) is 7.99. The van der Waals surface area contributed by atoms with Gasteiger partial charge in [-0.3, -0.25) is 9.48 Å². The van der Waals surface area contributed by atoms with E-state index in [1.807, 2.05) is 0 Å². The number of aryl methyl sites for hydroxylation is 1. The van der Waals surface area contributed by atoms with Crippen LogP contribution in [0.1, 0.15) is 12.1 Å². The number of carboxylic acids is 1. The van der Waals surface area contributed by atoms with Gasteiger partial charge in [-0.25, -0.2) is 4.79 Å². The number of hydrogen-bond acceptors (Lipinski definition) is 3. The molecule has 17 heavy (non-hydrogen) atoms. The van der Waals surface area contributed by atoms with Gasteiger partial charge in [0, 0.05) is 26.8 Å². The quantitative estimate of drug-likeness (QED) is 0.760. The third-order valence-corrected chi connectivity index (χ3v) is 2.20. The van der Waals surface area contributed by atoms with Crippen molar-refractivity contribution in [2.24, 2.45) is 7.05 Å². The number of carbonyl (C=O) groups excluding carboxylic acids is 1. The molecule has 0 aromatic carbocycles. The van der Waals surface area contributed by atoms with Crippen molar-refractivity contribution in [3.05, 3.63) is 18.0 Å². The summed E-state index contributed by atoms with van der Waals surface area (Å²) in [5.74, 6) is -0.922. The predicted molar refractivity (Wildman–Crippen MR) is 60.3 cm³/mol. The highest BCUT2D eigenvalue weighted by Crippen LogP contribution is 1.94. The van der Waals surface area contributed by atoms with Crippen molar-refractivity contribution in [3.8, 4) is 0 Å². The fraction of sp³-hybridized carbons (Fsp3) is 0.500. The fourth-order valence-electron chi connectivity index (χ4n) is 1.22. The van der Waals surface area contributed by atoms with Crippen LogP contribution >= 0.6 is 0 Å². The topological polar surface area (TPSA) is 87.5 Å². The number of nitrogens with one attached hydrogen (secondary N) is 1. The Morgan fingerprint density at radius 1 is 1.59 bits per heavy atom. The van der Waals surface area contributed by atoms with E-state index in [0.29, 0.717) is 6.54 Å². The van der Waals surface area contributed by atoms with Crippen LogP contribution in [0.5, 0.6) is 0 Å². The molecule has 0 aliphatic rings. The minimum atomic E-state index is -0.922. The third-order valence-electron chi connectivity index (χ3n) is 2.20. The predicted octanol–water partition coefficient (Wildman–Crippen LogP) is 0.0362. The molecule has 0 bridgehead atoms. The normalized spacial score (nSPS) is 10.0. The number of rotatable bonds is 5. The molecule has 0 saturated heterocycles. The Labute approximate surface area is 99.0 Å². The number of carboxylic acid groups (broad SMARTS) is 1. The van der Waals surface area contributed by atoms with Gasteiger partial charge >= 0.3 is 12.0 Å². The molecule has 0 aliphatic heterocycles. The minimum absolute atomic E-state index is 0.0620. The average Bonchev–Trinajstić information content (AvgIpc) is 2.68. The van der Waals surface area contributed by atoms with Crippen molar-refractivity contribution < 1.29 is 14.7 Å². The van der Waals surface area contributed by atoms with Gasteiger partial charge in [0.1, 0.15) is 0 Å². The van der Waals surface area contributed by atoms with Crippen molar-refractivity contribution in [1.29, 1.82) is 0 Å². The fourth-order valence-corrected chi connectivity index (χ4v) is 1.22. The van der Waals surface area contributed by atoms with Gasteiger partial charge in [0.15, 0.2) is 0 Å². The standard InChI is InChI=1S/C10H16N4O3/c1-13(5-4-9(15)16)10(17)11-7-8-3-6-14(2)12-8/h3,6H,4-5,7H2,1-2H3,(H,11,17)(H,15,16). The number of hydrogen-bond donors (Lipinski definition) is 2. The third kappa shape index (κ3) is 4.54. The Balaban J connectivity index is 2.31. The Morgan fingerprint density at radius 2 is 2.29 bits per heavy atom. The Bertz CT molecular complexity index is 402. The summed E-state index contributed by atoms with van der Waals surface area (Å²) in [5, 5.41) is 15.2. The first-order valence-corrected chi connectivity index (χ1v) is 5.18. The molecule has 0 unspecified atom stereocenters. The first-order valence-electron chi connectivity index (χ1n) is 5.18. The lowest BCUT2D eigenvalue weighted by Gasteiger charge is -2.16. The van der Waals surface area contributed by atoms with E-state index in [-0.39, 0.29) is 19.0 Å². The zero-order chi connectivity index (χ0) is 12.8. The van der Waals surface area contributed by atoms with Gasteiger partial charge in [0.2, 0.25) is 0 Å². The molecule has 0 saturated carbocycles. The molecule has 0 aliphatic carbocycles. The lowest BCUT2D eigenvalue weighted by molar-refractivity contribution is -0.137. The van der Waals surface area contributed by atoms with Crippen molar-refractivity contribution in [3.63, 3.8) is 0 Å². The van der Waals surface area contributed by atoms with Crippen LogP contribution < -0.4 is 5.32 Å². The molecule has 1 aromatic heterocycles. The van der Waals surface area contributed by atoms with Crippen molar-refractivity contribution in [2.75, 3.05) is 13.6 Å². The molecular formula is C10H16N4O3. The Hall–Kier alpha value is -2.05. The summed E-state index contributed by atoms with van der Waals surface area (Å²) in [6.07, 6.45) is 1.73. The molecule has 0 radical (unpaired) electrons. The number of aromatic nitrogens is 2. The lowest BCUT2D eigenvalue weighted by Crippen LogP contribution is -2.38. The second kappa shape index (κ2) is 5.88. The number of amides is 2. The van der Waals surface area contributed by atoms with E-state index in [2.05, 4.69) is 10.4 Å². The molecule has 1 aromatic rings. The van der Waals surface area contributed by atoms with E-state index in [0.717, 1.165) is 5.69 Å². The summed E-state index contributed by atoms with van der Waals surface area (Å²) in [6.45, 7) is 0.514. The van der Waals surface area contributed by atoms with Gasteiger partial charge in [0.05, 0.1) is 18.7 Å². The minimum Gasteiger partial charge on any atom is -0.481 e. The van der Waals surface area contributed by atoms with Gasteiger partial charge < -0.3 is 15.3 Å². The molecule has 2 N–H and O–H groups in total. The second-order valence-electron chi connectivity index (χ2n) is 3.70. The maximum atomic E-state index is 11.5. The van der Waals surface area contributed by atoms with Crippen molar-refractivity contribution in [1.82, 2.24) is 20.0 Å². The van der Waals surface area contributed by atoms with Gasteiger partial charge in [-0.15, -0.1) is 0 Å². The summed E-state index contributed by atoms with van der Waals surface area (Å²) in [7, 11) is 3.35. The molecular weight excluding hydrogens is 224 g/mol. The van der Waals surface area contributed by atoms with Crippen LogP contribution in [0.25, 0.3) is 0 Å². The van der Waals surface area contributed by atoms with Gasteiger partial charge in [-0.2, -0.15) is 5.10 Å². The smallest absolute Gasteiger partial charge is 0.317 e. The molecule has 2 amide bonds. The van der Waals surface area contributed by atoms with Crippen LogP contribution in [-0.2, 0) is 18.4 Å². The first kappa shape index (κ1) is 13.0.